The van der Waals surface area contributed by atoms with Gasteiger partial charge in [-0.1, -0.05) is 0 Å². The fraction of sp³-hybridized carbons (Fsp3) is 0.545. The molecule has 0 atom stereocenters. The van der Waals surface area contributed by atoms with Crippen molar-refractivity contribution in [3.8, 4) is 0 Å². The van der Waals surface area contributed by atoms with Crippen LogP contribution in [0.5, 0.6) is 0 Å². The van der Waals surface area contributed by atoms with E-state index in [1.54, 1.807) is 6.92 Å². The first-order chi connectivity index (χ1) is 7.24. The second-order valence-electron chi connectivity index (χ2n) is 3.68. The maximum absolute atomic E-state index is 11.7. The van der Waals surface area contributed by atoms with Crippen molar-refractivity contribution in [1.29, 1.82) is 0 Å². The normalized spacial score (nSPS) is 20.6. The zero-order valence-corrected chi connectivity index (χ0v) is 8.84. The van der Waals surface area contributed by atoms with Gasteiger partial charge >= 0.3 is 5.97 Å². The number of allylic oxidation sites excluding steroid dienone is 1. The van der Waals surface area contributed by atoms with E-state index in [1.165, 1.54) is 0 Å². The zero-order valence-electron chi connectivity index (χ0n) is 8.84. The summed E-state index contributed by atoms with van der Waals surface area (Å²) in [6, 6.07) is 0. The molecule has 0 bridgehead atoms. The molecule has 1 aliphatic heterocycles. The Morgan fingerprint density at radius 2 is 2.40 bits per heavy atom. The van der Waals surface area contributed by atoms with Crippen molar-refractivity contribution in [3.05, 3.63) is 22.4 Å². The maximum Gasteiger partial charge on any atom is 0.340 e. The van der Waals surface area contributed by atoms with E-state index in [9.17, 15) is 4.79 Å². The molecule has 82 valence electrons. The lowest BCUT2D eigenvalue weighted by Crippen LogP contribution is -2.15. The molecule has 15 heavy (non-hydrogen) atoms. The molecule has 0 aromatic carbocycles. The summed E-state index contributed by atoms with van der Waals surface area (Å²) >= 11 is 0. The van der Waals surface area contributed by atoms with Gasteiger partial charge in [0.1, 0.15) is 0 Å². The lowest BCUT2D eigenvalue weighted by atomic mass is 10.0. The van der Waals surface area contributed by atoms with Gasteiger partial charge in [-0.05, 0) is 24.5 Å². The van der Waals surface area contributed by atoms with Crippen LogP contribution in [0, 0.1) is 0 Å². The fourth-order valence-electron chi connectivity index (χ4n) is 2.06. The lowest BCUT2D eigenvalue weighted by Gasteiger charge is -2.16. The highest BCUT2D eigenvalue weighted by Crippen LogP contribution is 2.35. The van der Waals surface area contributed by atoms with Crippen LogP contribution in [0.25, 0.3) is 0 Å². The highest BCUT2D eigenvalue weighted by Gasteiger charge is 2.30. The van der Waals surface area contributed by atoms with Crippen molar-refractivity contribution in [2.45, 2.75) is 19.8 Å². The molecular weight excluding hydrogens is 194 g/mol. The predicted octanol–water partition coefficient (Wildman–Crippen LogP) is 0.883. The van der Waals surface area contributed by atoms with Crippen molar-refractivity contribution in [2.24, 2.45) is 5.73 Å². The molecular formula is C11H15NO3. The van der Waals surface area contributed by atoms with Gasteiger partial charge in [0.2, 0.25) is 0 Å². The van der Waals surface area contributed by atoms with E-state index in [2.05, 4.69) is 0 Å². The molecule has 4 heteroatoms. The van der Waals surface area contributed by atoms with Crippen LogP contribution in [-0.4, -0.2) is 25.8 Å². The summed E-state index contributed by atoms with van der Waals surface area (Å²) in [5, 5.41) is 0. The van der Waals surface area contributed by atoms with E-state index in [0.29, 0.717) is 37.5 Å². The molecule has 0 amide bonds. The standard InChI is InChI=1S/C11H15NO3/c1-2-15-11(13)10-8-3-4-14-6-7(8)5-9(10)12/h2-6,12H2,1H3. The molecule has 0 unspecified atom stereocenters. The summed E-state index contributed by atoms with van der Waals surface area (Å²) in [5.41, 5.74) is 9.27. The van der Waals surface area contributed by atoms with E-state index in [4.69, 9.17) is 15.2 Å². The molecule has 0 saturated carbocycles. The molecule has 0 spiro atoms. The molecule has 2 aliphatic rings. The number of rotatable bonds is 2. The number of carbonyl (C=O) groups excluding carboxylic acids is 1. The smallest absolute Gasteiger partial charge is 0.340 e. The first kappa shape index (κ1) is 10.2. The first-order valence-electron chi connectivity index (χ1n) is 5.18. The molecule has 4 nitrogen and oxygen atoms in total. The van der Waals surface area contributed by atoms with E-state index in [-0.39, 0.29) is 5.97 Å². The van der Waals surface area contributed by atoms with Gasteiger partial charge in [0.25, 0.3) is 0 Å². The summed E-state index contributed by atoms with van der Waals surface area (Å²) in [7, 11) is 0. The van der Waals surface area contributed by atoms with Crippen LogP contribution in [0.3, 0.4) is 0 Å². The highest BCUT2D eigenvalue weighted by molar-refractivity contribution is 5.95. The second kappa shape index (κ2) is 4.06. The van der Waals surface area contributed by atoms with Gasteiger partial charge in [0.05, 0.1) is 25.4 Å². The molecule has 2 N–H and O–H groups in total. The first-order valence-corrected chi connectivity index (χ1v) is 5.18. The molecule has 0 aromatic heterocycles. The minimum Gasteiger partial charge on any atom is -0.462 e. The van der Waals surface area contributed by atoms with Crippen LogP contribution in [0.4, 0.5) is 0 Å². The largest absolute Gasteiger partial charge is 0.462 e. The van der Waals surface area contributed by atoms with Gasteiger partial charge in [-0.25, -0.2) is 4.79 Å². The summed E-state index contributed by atoms with van der Waals surface area (Å²) < 4.78 is 10.3. The molecule has 0 radical (unpaired) electrons. The Morgan fingerprint density at radius 1 is 1.60 bits per heavy atom. The summed E-state index contributed by atoms with van der Waals surface area (Å²) in [6.07, 6.45) is 1.42. The minimum absolute atomic E-state index is 0.290. The van der Waals surface area contributed by atoms with E-state index in [0.717, 1.165) is 17.6 Å². The predicted molar refractivity (Wildman–Crippen MR) is 54.9 cm³/mol. The summed E-state index contributed by atoms with van der Waals surface area (Å²) in [4.78, 5) is 11.7. The summed E-state index contributed by atoms with van der Waals surface area (Å²) in [5.74, 6) is -0.290. The van der Waals surface area contributed by atoms with Gasteiger partial charge in [0, 0.05) is 12.1 Å². The van der Waals surface area contributed by atoms with Crippen LogP contribution >= 0.6 is 0 Å². The van der Waals surface area contributed by atoms with Gasteiger partial charge < -0.3 is 15.2 Å². The number of nitrogens with two attached hydrogens (primary N) is 1. The van der Waals surface area contributed by atoms with Crippen molar-refractivity contribution >= 4 is 5.97 Å². The number of carbonyl (C=O) groups is 1. The Hall–Kier alpha value is -1.29. The van der Waals surface area contributed by atoms with E-state index in [1.807, 2.05) is 0 Å². The monoisotopic (exact) mass is 209 g/mol. The Labute approximate surface area is 88.7 Å². The molecule has 0 saturated heterocycles. The third-order valence-corrected chi connectivity index (χ3v) is 2.71. The minimum atomic E-state index is -0.290. The van der Waals surface area contributed by atoms with Crippen molar-refractivity contribution in [1.82, 2.24) is 0 Å². The summed E-state index contributed by atoms with van der Waals surface area (Å²) in [6.45, 7) is 3.44. The molecule has 0 aromatic rings. The van der Waals surface area contributed by atoms with Crippen LogP contribution in [-0.2, 0) is 14.3 Å². The van der Waals surface area contributed by atoms with Crippen LogP contribution in [0.1, 0.15) is 19.8 Å². The number of esters is 1. The zero-order chi connectivity index (χ0) is 10.8. The van der Waals surface area contributed by atoms with Crippen molar-refractivity contribution in [2.75, 3.05) is 19.8 Å². The number of hydrogen-bond donors (Lipinski definition) is 1. The van der Waals surface area contributed by atoms with E-state index < -0.39 is 0 Å². The molecule has 0 fully saturated rings. The lowest BCUT2D eigenvalue weighted by molar-refractivity contribution is -0.138. The van der Waals surface area contributed by atoms with Crippen LogP contribution < -0.4 is 5.73 Å². The number of ether oxygens (including phenoxy) is 2. The Bertz CT molecular complexity index is 355. The van der Waals surface area contributed by atoms with Gasteiger partial charge in [-0.15, -0.1) is 0 Å². The molecule has 2 rings (SSSR count). The number of hydrogen-bond acceptors (Lipinski definition) is 4. The average Bonchev–Trinajstić information content (AvgIpc) is 2.54. The van der Waals surface area contributed by atoms with Gasteiger partial charge in [-0.3, -0.25) is 0 Å². The quantitative estimate of drug-likeness (QED) is 0.686. The molecule has 1 aliphatic carbocycles. The van der Waals surface area contributed by atoms with Crippen LogP contribution in [0.2, 0.25) is 0 Å². The second-order valence-corrected chi connectivity index (χ2v) is 3.68. The Balaban J connectivity index is 2.25. The molecule has 1 heterocycles. The Morgan fingerprint density at radius 3 is 3.13 bits per heavy atom. The van der Waals surface area contributed by atoms with Crippen molar-refractivity contribution in [3.63, 3.8) is 0 Å². The average molecular weight is 209 g/mol. The fourth-order valence-corrected chi connectivity index (χ4v) is 2.06. The Kier molecular flexibility index (Phi) is 2.77. The topological polar surface area (TPSA) is 61.5 Å². The third-order valence-electron chi connectivity index (χ3n) is 2.71. The SMILES string of the molecule is CCOC(=O)C1=C(N)CC2=C1CCOC2. The van der Waals surface area contributed by atoms with E-state index >= 15 is 0 Å². The van der Waals surface area contributed by atoms with Crippen LogP contribution in [0.15, 0.2) is 22.4 Å². The third kappa shape index (κ3) is 1.77. The maximum atomic E-state index is 11.7. The van der Waals surface area contributed by atoms with Gasteiger partial charge in [0.15, 0.2) is 0 Å². The van der Waals surface area contributed by atoms with Crippen molar-refractivity contribution < 1.29 is 14.3 Å². The van der Waals surface area contributed by atoms with Gasteiger partial charge in [-0.2, -0.15) is 0 Å². The highest BCUT2D eigenvalue weighted by atomic mass is 16.5.